The predicted molar refractivity (Wildman–Crippen MR) is 117 cm³/mol. The highest BCUT2D eigenvalue weighted by Crippen LogP contribution is 2.48. The second kappa shape index (κ2) is 7.23. The number of halogens is 1. The summed E-state index contributed by atoms with van der Waals surface area (Å²) in [6, 6.07) is 22.9. The molecule has 146 valence electrons. The van der Waals surface area contributed by atoms with Crippen LogP contribution >= 0.6 is 15.9 Å². The Morgan fingerprint density at radius 1 is 1.03 bits per heavy atom. The molecule has 29 heavy (non-hydrogen) atoms. The van der Waals surface area contributed by atoms with Crippen LogP contribution in [-0.4, -0.2) is 17.8 Å². The number of aryl methyl sites for hydroxylation is 1. The van der Waals surface area contributed by atoms with Gasteiger partial charge in [-0.25, -0.2) is 5.01 Å². The van der Waals surface area contributed by atoms with Crippen molar-refractivity contribution >= 4 is 21.6 Å². The number of benzene rings is 3. The van der Waals surface area contributed by atoms with Crippen LogP contribution in [0.1, 0.15) is 40.9 Å². The fraction of sp³-hybridized carbons (Fsp3) is 0.208. The van der Waals surface area contributed by atoms with E-state index in [1.807, 2.05) is 24.3 Å². The van der Waals surface area contributed by atoms with Crippen molar-refractivity contribution in [3.05, 3.63) is 93.5 Å². The summed E-state index contributed by atoms with van der Waals surface area (Å²) < 4.78 is 12.8. The highest BCUT2D eigenvalue weighted by atomic mass is 79.9. The number of nitrogens with zero attached hydrogens (tertiary/aromatic N) is 2. The molecule has 3 aromatic carbocycles. The zero-order chi connectivity index (χ0) is 20.0. The molecule has 0 spiro atoms. The molecule has 0 aliphatic carbocycles. The van der Waals surface area contributed by atoms with Crippen LogP contribution in [0.2, 0.25) is 0 Å². The van der Waals surface area contributed by atoms with Gasteiger partial charge in [-0.05, 0) is 55.0 Å². The first kappa shape index (κ1) is 18.3. The van der Waals surface area contributed by atoms with Crippen molar-refractivity contribution in [1.82, 2.24) is 5.01 Å². The topological polar surface area (TPSA) is 34.1 Å². The van der Waals surface area contributed by atoms with Gasteiger partial charge in [0.1, 0.15) is 11.5 Å². The first-order valence-electron chi connectivity index (χ1n) is 9.65. The Labute approximate surface area is 178 Å². The van der Waals surface area contributed by atoms with Crippen molar-refractivity contribution in [1.29, 1.82) is 0 Å². The van der Waals surface area contributed by atoms with Crippen molar-refractivity contribution in [3.63, 3.8) is 0 Å². The monoisotopic (exact) mass is 448 g/mol. The SMILES string of the molecule is COc1ccc(C2=NN3[C@@H](c4ccc(C)cc4)Oc4ccc(Br)cc4[C@@H]3C2)cc1. The highest BCUT2D eigenvalue weighted by molar-refractivity contribution is 9.10. The van der Waals surface area contributed by atoms with Crippen LogP contribution in [0.15, 0.2) is 76.3 Å². The lowest BCUT2D eigenvalue weighted by molar-refractivity contribution is -0.0190. The van der Waals surface area contributed by atoms with Gasteiger partial charge in [0, 0.05) is 22.0 Å². The average Bonchev–Trinajstić information content (AvgIpc) is 3.20. The normalized spacial score (nSPS) is 19.8. The number of hydrogen-bond acceptors (Lipinski definition) is 4. The maximum atomic E-state index is 6.43. The highest BCUT2D eigenvalue weighted by Gasteiger charge is 2.41. The van der Waals surface area contributed by atoms with Crippen molar-refractivity contribution in [3.8, 4) is 11.5 Å². The molecule has 3 aromatic rings. The number of methoxy groups -OCH3 is 1. The molecule has 2 atom stereocenters. The van der Waals surface area contributed by atoms with E-state index >= 15 is 0 Å². The van der Waals surface area contributed by atoms with Gasteiger partial charge in [0.2, 0.25) is 6.23 Å². The predicted octanol–water partition coefficient (Wildman–Crippen LogP) is 6.01. The smallest absolute Gasteiger partial charge is 0.213 e. The second-order valence-electron chi connectivity index (χ2n) is 7.44. The third kappa shape index (κ3) is 3.29. The maximum absolute atomic E-state index is 6.43. The Balaban J connectivity index is 1.57. The van der Waals surface area contributed by atoms with Crippen molar-refractivity contribution in [2.75, 3.05) is 7.11 Å². The maximum Gasteiger partial charge on any atom is 0.213 e. The first-order valence-corrected chi connectivity index (χ1v) is 10.4. The Morgan fingerprint density at radius 3 is 2.52 bits per heavy atom. The number of hydrogen-bond donors (Lipinski definition) is 0. The summed E-state index contributed by atoms with van der Waals surface area (Å²) in [6.45, 7) is 2.09. The molecule has 2 heterocycles. The summed E-state index contributed by atoms with van der Waals surface area (Å²) in [5, 5.41) is 7.12. The van der Waals surface area contributed by atoms with Gasteiger partial charge in [0.15, 0.2) is 0 Å². The van der Waals surface area contributed by atoms with E-state index in [4.69, 9.17) is 14.6 Å². The summed E-state index contributed by atoms with van der Waals surface area (Å²) in [6.07, 6.45) is 0.589. The van der Waals surface area contributed by atoms with Gasteiger partial charge in [0.05, 0.1) is 18.9 Å². The number of ether oxygens (including phenoxy) is 2. The Bertz CT molecular complexity index is 1080. The lowest BCUT2D eigenvalue weighted by atomic mass is 9.96. The third-order valence-electron chi connectivity index (χ3n) is 5.54. The van der Waals surface area contributed by atoms with Crippen molar-refractivity contribution in [2.24, 2.45) is 5.10 Å². The van der Waals surface area contributed by atoms with Gasteiger partial charge in [-0.3, -0.25) is 0 Å². The van der Waals surface area contributed by atoms with E-state index in [0.29, 0.717) is 0 Å². The van der Waals surface area contributed by atoms with Crippen LogP contribution in [-0.2, 0) is 0 Å². The quantitative estimate of drug-likeness (QED) is 0.491. The van der Waals surface area contributed by atoms with Crippen LogP contribution in [0.4, 0.5) is 0 Å². The summed E-state index contributed by atoms with van der Waals surface area (Å²) in [5.41, 5.74) is 5.67. The molecule has 0 fully saturated rings. The van der Waals surface area contributed by atoms with Crippen LogP contribution in [0.25, 0.3) is 0 Å². The summed E-state index contributed by atoms with van der Waals surface area (Å²) >= 11 is 3.61. The molecule has 0 amide bonds. The number of hydrazone groups is 1. The minimum Gasteiger partial charge on any atom is -0.497 e. The summed E-state index contributed by atoms with van der Waals surface area (Å²) in [5.74, 6) is 1.77. The molecule has 0 saturated heterocycles. The molecular weight excluding hydrogens is 428 g/mol. The lowest BCUT2D eigenvalue weighted by Crippen LogP contribution is -2.33. The van der Waals surface area contributed by atoms with E-state index in [2.05, 4.69) is 70.3 Å². The van der Waals surface area contributed by atoms with Crippen molar-refractivity contribution in [2.45, 2.75) is 25.6 Å². The van der Waals surface area contributed by atoms with E-state index < -0.39 is 0 Å². The average molecular weight is 449 g/mol. The van der Waals surface area contributed by atoms with E-state index in [0.717, 1.165) is 44.8 Å². The van der Waals surface area contributed by atoms with E-state index in [1.165, 1.54) is 5.56 Å². The largest absolute Gasteiger partial charge is 0.497 e. The minimum atomic E-state index is -0.245. The Hall–Kier alpha value is -2.79. The molecule has 0 unspecified atom stereocenters. The second-order valence-corrected chi connectivity index (χ2v) is 8.35. The summed E-state index contributed by atoms with van der Waals surface area (Å²) in [7, 11) is 1.68. The molecule has 2 aliphatic rings. The number of rotatable bonds is 3. The van der Waals surface area contributed by atoms with Gasteiger partial charge in [0.25, 0.3) is 0 Å². The van der Waals surface area contributed by atoms with Crippen LogP contribution in [0, 0.1) is 6.92 Å². The van der Waals surface area contributed by atoms with E-state index in [1.54, 1.807) is 7.11 Å². The van der Waals surface area contributed by atoms with Gasteiger partial charge in [-0.15, -0.1) is 0 Å². The Kier molecular flexibility index (Phi) is 4.55. The molecule has 5 rings (SSSR count). The standard InChI is InChI=1S/C24H21BrN2O2/c1-15-3-5-17(6-4-15)24-27-22(20-13-18(25)9-12-23(20)29-24)14-21(26-27)16-7-10-19(28-2)11-8-16/h3-13,22,24H,14H2,1-2H3/t22-,24+/m0/s1. The van der Waals surface area contributed by atoms with Crippen LogP contribution in [0.5, 0.6) is 11.5 Å². The first-order chi connectivity index (χ1) is 14.1. The molecule has 0 saturated carbocycles. The molecule has 0 aromatic heterocycles. The molecule has 4 nitrogen and oxygen atoms in total. The van der Waals surface area contributed by atoms with Gasteiger partial charge < -0.3 is 9.47 Å². The number of fused-ring (bicyclic) bond motifs is 3. The van der Waals surface area contributed by atoms with E-state index in [9.17, 15) is 0 Å². The zero-order valence-electron chi connectivity index (χ0n) is 16.3. The zero-order valence-corrected chi connectivity index (χ0v) is 17.9. The Morgan fingerprint density at radius 2 is 1.79 bits per heavy atom. The van der Waals surface area contributed by atoms with Crippen molar-refractivity contribution < 1.29 is 9.47 Å². The van der Waals surface area contributed by atoms with Gasteiger partial charge >= 0.3 is 0 Å². The molecule has 0 bridgehead atoms. The summed E-state index contributed by atoms with van der Waals surface area (Å²) in [4.78, 5) is 0. The molecule has 0 radical (unpaired) electrons. The van der Waals surface area contributed by atoms with Crippen LogP contribution in [0.3, 0.4) is 0 Å². The molecule has 5 heteroatoms. The molecular formula is C24H21BrN2O2. The fourth-order valence-corrected chi connectivity index (χ4v) is 4.35. The third-order valence-corrected chi connectivity index (χ3v) is 6.03. The molecule has 2 aliphatic heterocycles. The molecule has 0 N–H and O–H groups in total. The fourth-order valence-electron chi connectivity index (χ4n) is 3.97. The van der Waals surface area contributed by atoms with Crippen LogP contribution < -0.4 is 9.47 Å². The minimum absolute atomic E-state index is 0.139. The van der Waals surface area contributed by atoms with Gasteiger partial charge in [-0.1, -0.05) is 45.8 Å². The van der Waals surface area contributed by atoms with Gasteiger partial charge in [-0.2, -0.15) is 5.10 Å². The lowest BCUT2D eigenvalue weighted by Gasteiger charge is -2.38. The van der Waals surface area contributed by atoms with E-state index in [-0.39, 0.29) is 12.3 Å².